The molecule has 0 amide bonds. The first-order valence-electron chi connectivity index (χ1n) is 6.10. The molecule has 0 radical (unpaired) electrons. The van der Waals surface area contributed by atoms with Crippen molar-refractivity contribution in [2.45, 2.75) is 6.54 Å². The van der Waals surface area contributed by atoms with Gasteiger partial charge in [0.25, 0.3) is 0 Å². The zero-order valence-electron chi connectivity index (χ0n) is 10.8. The van der Waals surface area contributed by atoms with Crippen molar-refractivity contribution >= 4 is 44.3 Å². The van der Waals surface area contributed by atoms with Gasteiger partial charge in [0.1, 0.15) is 5.82 Å². The molecule has 0 aliphatic heterocycles. The second kappa shape index (κ2) is 5.42. The van der Waals surface area contributed by atoms with Crippen LogP contribution in [-0.4, -0.2) is 14.5 Å². The van der Waals surface area contributed by atoms with Gasteiger partial charge in [0.05, 0.1) is 23.3 Å². The molecule has 2 aromatic heterocycles. The Morgan fingerprint density at radius 2 is 2.15 bits per heavy atom. The smallest absolute Gasteiger partial charge is 0.152 e. The van der Waals surface area contributed by atoms with E-state index in [1.807, 2.05) is 31.3 Å². The molecule has 2 heterocycles. The minimum Gasteiger partial charge on any atom is -0.375 e. The fraction of sp³-hybridized carbons (Fsp3) is 0.143. The first-order valence-corrected chi connectivity index (χ1v) is 7.27. The van der Waals surface area contributed by atoms with Gasteiger partial charge >= 0.3 is 0 Å². The Kier molecular flexibility index (Phi) is 3.63. The maximum atomic E-state index is 6.06. The van der Waals surface area contributed by atoms with Crippen LogP contribution in [0.3, 0.4) is 0 Å². The number of para-hydroxylation sites is 2. The highest BCUT2D eigenvalue weighted by Crippen LogP contribution is 2.24. The summed E-state index contributed by atoms with van der Waals surface area (Å²) in [5.41, 5.74) is 2.89. The molecule has 3 rings (SSSR count). The lowest BCUT2D eigenvalue weighted by Gasteiger charge is -2.08. The van der Waals surface area contributed by atoms with Crippen molar-refractivity contribution in [3.8, 4) is 0 Å². The van der Waals surface area contributed by atoms with Crippen LogP contribution in [0.5, 0.6) is 0 Å². The molecule has 0 unspecified atom stereocenters. The van der Waals surface area contributed by atoms with Crippen molar-refractivity contribution in [2.24, 2.45) is 7.05 Å². The number of rotatable bonds is 3. The van der Waals surface area contributed by atoms with Crippen LogP contribution in [0.4, 0.5) is 5.69 Å². The third-order valence-corrected chi connectivity index (χ3v) is 3.86. The third-order valence-electron chi connectivity index (χ3n) is 3.12. The summed E-state index contributed by atoms with van der Waals surface area (Å²) in [7, 11) is 2.01. The second-order valence-corrected chi connectivity index (χ2v) is 5.69. The molecule has 0 aliphatic rings. The lowest BCUT2D eigenvalue weighted by molar-refractivity contribution is 0.834. The summed E-state index contributed by atoms with van der Waals surface area (Å²) in [5.74, 6) is 0.947. The molecule has 102 valence electrons. The van der Waals surface area contributed by atoms with Crippen molar-refractivity contribution in [3.05, 3.63) is 52.0 Å². The lowest BCUT2D eigenvalue weighted by Crippen LogP contribution is -2.06. The van der Waals surface area contributed by atoms with Crippen molar-refractivity contribution < 1.29 is 0 Å². The number of pyridine rings is 1. The molecule has 4 nitrogen and oxygen atoms in total. The number of benzene rings is 1. The SMILES string of the molecule is Cn1c(CNc2cc(Br)cnc2Cl)nc2ccccc21. The Labute approximate surface area is 129 Å². The first kappa shape index (κ1) is 13.4. The van der Waals surface area contributed by atoms with Gasteiger partial charge in [-0.3, -0.25) is 0 Å². The fourth-order valence-corrected chi connectivity index (χ4v) is 2.58. The van der Waals surface area contributed by atoms with Crippen LogP contribution in [0.15, 0.2) is 41.0 Å². The summed E-state index contributed by atoms with van der Waals surface area (Å²) in [6.07, 6.45) is 1.67. The molecule has 0 saturated heterocycles. The molecule has 0 saturated carbocycles. The van der Waals surface area contributed by atoms with Gasteiger partial charge in [-0.1, -0.05) is 23.7 Å². The number of fused-ring (bicyclic) bond motifs is 1. The van der Waals surface area contributed by atoms with Crippen LogP contribution in [-0.2, 0) is 13.6 Å². The summed E-state index contributed by atoms with van der Waals surface area (Å²) < 4.78 is 2.95. The highest BCUT2D eigenvalue weighted by Gasteiger charge is 2.08. The number of anilines is 1. The highest BCUT2D eigenvalue weighted by atomic mass is 79.9. The molecule has 0 spiro atoms. The standard InChI is InChI=1S/C14H12BrClN4/c1-20-12-5-3-2-4-10(12)19-13(20)8-17-11-6-9(15)7-18-14(11)16/h2-7,17H,8H2,1H3. The molecule has 0 bridgehead atoms. The van der Waals surface area contributed by atoms with E-state index < -0.39 is 0 Å². The largest absolute Gasteiger partial charge is 0.375 e. The van der Waals surface area contributed by atoms with Crippen molar-refractivity contribution in [1.29, 1.82) is 0 Å². The van der Waals surface area contributed by atoms with E-state index in [1.165, 1.54) is 0 Å². The summed E-state index contributed by atoms with van der Waals surface area (Å²) in [5, 5.41) is 3.71. The predicted molar refractivity (Wildman–Crippen MR) is 85.0 cm³/mol. The normalized spacial score (nSPS) is 10.9. The van der Waals surface area contributed by atoms with Crippen LogP contribution < -0.4 is 5.32 Å². The minimum atomic E-state index is 0.451. The monoisotopic (exact) mass is 350 g/mol. The van der Waals surface area contributed by atoms with Gasteiger partial charge in [-0.25, -0.2) is 9.97 Å². The van der Waals surface area contributed by atoms with Gasteiger partial charge in [0, 0.05) is 17.7 Å². The Morgan fingerprint density at radius 1 is 1.35 bits per heavy atom. The molecule has 20 heavy (non-hydrogen) atoms. The van der Waals surface area contributed by atoms with E-state index in [1.54, 1.807) is 6.20 Å². The van der Waals surface area contributed by atoms with Gasteiger partial charge in [-0.15, -0.1) is 0 Å². The quantitative estimate of drug-likeness (QED) is 0.725. The van der Waals surface area contributed by atoms with Crippen molar-refractivity contribution in [2.75, 3.05) is 5.32 Å². The highest BCUT2D eigenvalue weighted by molar-refractivity contribution is 9.10. The molecule has 6 heteroatoms. The van der Waals surface area contributed by atoms with E-state index in [2.05, 4.69) is 41.8 Å². The van der Waals surface area contributed by atoms with E-state index in [9.17, 15) is 0 Å². The third kappa shape index (κ3) is 2.51. The number of hydrogen-bond donors (Lipinski definition) is 1. The predicted octanol–water partition coefficient (Wildman–Crippen LogP) is 4.00. The molecular formula is C14H12BrClN4. The average Bonchev–Trinajstić information content (AvgIpc) is 2.77. The fourth-order valence-electron chi connectivity index (χ4n) is 2.07. The van der Waals surface area contributed by atoms with E-state index in [-0.39, 0.29) is 0 Å². The Morgan fingerprint density at radius 3 is 2.95 bits per heavy atom. The average molecular weight is 352 g/mol. The number of aryl methyl sites for hydroxylation is 1. The van der Waals surface area contributed by atoms with Gasteiger partial charge < -0.3 is 9.88 Å². The molecule has 1 N–H and O–H groups in total. The summed E-state index contributed by atoms with van der Waals surface area (Å²) in [4.78, 5) is 8.69. The Hall–Kier alpha value is -1.59. The number of halogens is 2. The number of imidazole rings is 1. The molecule has 3 aromatic rings. The van der Waals surface area contributed by atoms with Crippen LogP contribution in [0.1, 0.15) is 5.82 Å². The van der Waals surface area contributed by atoms with Crippen molar-refractivity contribution in [3.63, 3.8) is 0 Å². The maximum absolute atomic E-state index is 6.06. The van der Waals surface area contributed by atoms with Crippen LogP contribution >= 0.6 is 27.5 Å². The zero-order valence-corrected chi connectivity index (χ0v) is 13.1. The van der Waals surface area contributed by atoms with E-state index in [4.69, 9.17) is 11.6 Å². The van der Waals surface area contributed by atoms with E-state index in [0.29, 0.717) is 11.7 Å². The van der Waals surface area contributed by atoms with Gasteiger partial charge in [-0.2, -0.15) is 0 Å². The summed E-state index contributed by atoms with van der Waals surface area (Å²) >= 11 is 9.44. The maximum Gasteiger partial charge on any atom is 0.152 e. The number of nitrogens with zero attached hydrogens (tertiary/aromatic N) is 3. The first-order chi connectivity index (χ1) is 9.65. The van der Waals surface area contributed by atoms with Gasteiger partial charge in [0.2, 0.25) is 0 Å². The topological polar surface area (TPSA) is 42.7 Å². The van der Waals surface area contributed by atoms with Crippen LogP contribution in [0, 0.1) is 0 Å². The van der Waals surface area contributed by atoms with Crippen LogP contribution in [0.2, 0.25) is 5.15 Å². The Balaban J connectivity index is 1.87. The number of hydrogen-bond acceptors (Lipinski definition) is 3. The molecule has 0 atom stereocenters. The van der Waals surface area contributed by atoms with Crippen LogP contribution in [0.25, 0.3) is 11.0 Å². The zero-order chi connectivity index (χ0) is 14.1. The summed E-state index contributed by atoms with van der Waals surface area (Å²) in [6, 6.07) is 9.96. The van der Waals surface area contributed by atoms with E-state index >= 15 is 0 Å². The summed E-state index contributed by atoms with van der Waals surface area (Å²) in [6.45, 7) is 0.586. The number of aromatic nitrogens is 3. The molecular weight excluding hydrogens is 340 g/mol. The molecule has 0 fully saturated rings. The minimum absolute atomic E-state index is 0.451. The lowest BCUT2D eigenvalue weighted by atomic mass is 10.3. The van der Waals surface area contributed by atoms with Gasteiger partial charge in [-0.05, 0) is 34.1 Å². The second-order valence-electron chi connectivity index (χ2n) is 4.42. The van der Waals surface area contributed by atoms with E-state index in [0.717, 1.165) is 27.0 Å². The number of nitrogens with one attached hydrogen (secondary N) is 1. The van der Waals surface area contributed by atoms with Crippen molar-refractivity contribution in [1.82, 2.24) is 14.5 Å². The molecule has 0 aliphatic carbocycles. The molecule has 1 aromatic carbocycles. The van der Waals surface area contributed by atoms with Gasteiger partial charge in [0.15, 0.2) is 5.15 Å². The Bertz CT molecular complexity index is 769.